The summed E-state index contributed by atoms with van der Waals surface area (Å²) in [7, 11) is 0. The van der Waals surface area contributed by atoms with Crippen molar-refractivity contribution >= 4 is 23.8 Å². The Morgan fingerprint density at radius 3 is 2.40 bits per heavy atom. The predicted molar refractivity (Wildman–Crippen MR) is 68.7 cm³/mol. The minimum atomic E-state index is -1.17. The Morgan fingerprint density at radius 2 is 1.95 bits per heavy atom. The predicted octanol–water partition coefficient (Wildman–Crippen LogP) is -0.458. The summed E-state index contributed by atoms with van der Waals surface area (Å²) < 4.78 is 0. The lowest BCUT2D eigenvalue weighted by molar-refractivity contribution is -0.142. The lowest BCUT2D eigenvalue weighted by Crippen LogP contribution is -2.63. The third kappa shape index (κ3) is 3.46. The van der Waals surface area contributed by atoms with Crippen molar-refractivity contribution in [3.8, 4) is 0 Å². The fourth-order valence-electron chi connectivity index (χ4n) is 1.82. The number of carbonyl (C=O) groups is 4. The quantitative estimate of drug-likeness (QED) is 0.594. The molecule has 1 rings (SSSR count). The molecule has 1 unspecified atom stereocenters. The lowest BCUT2D eigenvalue weighted by atomic mass is 9.87. The molecule has 0 aromatic rings. The Hall–Kier alpha value is -2.12. The molecule has 8 heteroatoms. The van der Waals surface area contributed by atoms with Gasteiger partial charge in [-0.3, -0.25) is 14.9 Å². The monoisotopic (exact) mass is 285 g/mol. The van der Waals surface area contributed by atoms with E-state index in [1.165, 1.54) is 6.92 Å². The molecule has 0 aliphatic carbocycles. The Balaban J connectivity index is 2.86. The van der Waals surface area contributed by atoms with Crippen LogP contribution in [-0.4, -0.2) is 52.4 Å². The minimum Gasteiger partial charge on any atom is -0.480 e. The average molecular weight is 285 g/mol. The molecule has 1 fully saturated rings. The molecule has 3 N–H and O–H groups in total. The molecular weight excluding hydrogens is 266 g/mol. The van der Waals surface area contributed by atoms with Crippen LogP contribution < -0.4 is 10.6 Å². The number of aliphatic carboxylic acids is 1. The summed E-state index contributed by atoms with van der Waals surface area (Å²) in [5, 5.41) is 13.6. The summed E-state index contributed by atoms with van der Waals surface area (Å²) in [5.41, 5.74) is -0.702. The summed E-state index contributed by atoms with van der Waals surface area (Å²) in [6, 6.07) is -2.70. The van der Waals surface area contributed by atoms with Gasteiger partial charge in [0, 0.05) is 0 Å². The van der Waals surface area contributed by atoms with Gasteiger partial charge < -0.3 is 15.3 Å². The van der Waals surface area contributed by atoms with Gasteiger partial charge in [0.05, 0.1) is 0 Å². The van der Waals surface area contributed by atoms with Crippen LogP contribution in [-0.2, 0) is 14.4 Å². The first-order valence-electron chi connectivity index (χ1n) is 6.17. The number of nitrogens with one attached hydrogen (secondary N) is 2. The first kappa shape index (κ1) is 15.9. The minimum absolute atomic E-state index is 0.283. The third-order valence-corrected chi connectivity index (χ3v) is 3.07. The van der Waals surface area contributed by atoms with Crippen molar-refractivity contribution in [2.45, 2.75) is 39.8 Å². The highest BCUT2D eigenvalue weighted by molar-refractivity contribution is 6.04. The summed E-state index contributed by atoms with van der Waals surface area (Å²) in [6.45, 7) is 6.19. The van der Waals surface area contributed by atoms with E-state index in [4.69, 9.17) is 5.11 Å². The Morgan fingerprint density at radius 1 is 1.40 bits per heavy atom. The molecule has 1 heterocycles. The molecule has 20 heavy (non-hydrogen) atoms. The van der Waals surface area contributed by atoms with Crippen LogP contribution in [0, 0.1) is 5.41 Å². The number of piperazine rings is 1. The van der Waals surface area contributed by atoms with Gasteiger partial charge in [-0.25, -0.2) is 9.59 Å². The van der Waals surface area contributed by atoms with E-state index in [1.54, 1.807) is 20.8 Å². The summed E-state index contributed by atoms with van der Waals surface area (Å²) in [6.07, 6.45) is 0. The van der Waals surface area contributed by atoms with Crippen molar-refractivity contribution < 1.29 is 24.3 Å². The molecule has 0 bridgehead atoms. The highest BCUT2D eigenvalue weighted by atomic mass is 16.4. The molecule has 4 amide bonds. The van der Waals surface area contributed by atoms with Crippen molar-refractivity contribution in [3.05, 3.63) is 0 Å². The van der Waals surface area contributed by atoms with E-state index in [0.717, 1.165) is 4.90 Å². The van der Waals surface area contributed by atoms with E-state index in [1.807, 2.05) is 0 Å². The zero-order valence-corrected chi connectivity index (χ0v) is 11.9. The maximum atomic E-state index is 12.1. The van der Waals surface area contributed by atoms with Crippen molar-refractivity contribution in [1.82, 2.24) is 15.5 Å². The molecule has 0 saturated carbocycles. The largest absolute Gasteiger partial charge is 0.480 e. The average Bonchev–Trinajstić information content (AvgIpc) is 2.28. The van der Waals surface area contributed by atoms with Gasteiger partial charge in [-0.15, -0.1) is 0 Å². The Labute approximate surface area is 116 Å². The van der Waals surface area contributed by atoms with E-state index in [0.29, 0.717) is 0 Å². The number of imide groups is 1. The normalized spacial score (nSPS) is 21.2. The van der Waals surface area contributed by atoms with Crippen molar-refractivity contribution in [2.75, 3.05) is 6.54 Å². The maximum absolute atomic E-state index is 12.1. The van der Waals surface area contributed by atoms with E-state index in [2.05, 4.69) is 10.6 Å². The fourth-order valence-corrected chi connectivity index (χ4v) is 1.82. The number of amides is 4. The molecular formula is C12H19N3O5. The molecule has 112 valence electrons. The molecule has 2 atom stereocenters. The highest BCUT2D eigenvalue weighted by Crippen LogP contribution is 2.20. The van der Waals surface area contributed by atoms with Crippen LogP contribution in [0.15, 0.2) is 0 Å². The number of carboxylic acids is 1. The van der Waals surface area contributed by atoms with Gasteiger partial charge in [-0.05, 0) is 12.3 Å². The van der Waals surface area contributed by atoms with Crippen LogP contribution in [0.4, 0.5) is 4.79 Å². The number of nitrogens with zero attached hydrogens (tertiary/aromatic N) is 1. The van der Waals surface area contributed by atoms with Crippen molar-refractivity contribution in [2.24, 2.45) is 5.41 Å². The smallest absolute Gasteiger partial charge is 0.326 e. The van der Waals surface area contributed by atoms with Crippen LogP contribution in [0.25, 0.3) is 0 Å². The summed E-state index contributed by atoms with van der Waals surface area (Å²) in [4.78, 5) is 47.0. The van der Waals surface area contributed by atoms with Gasteiger partial charge in [0.2, 0.25) is 11.8 Å². The second-order valence-electron chi connectivity index (χ2n) is 5.80. The van der Waals surface area contributed by atoms with E-state index in [-0.39, 0.29) is 6.54 Å². The van der Waals surface area contributed by atoms with Crippen LogP contribution >= 0.6 is 0 Å². The molecule has 0 aromatic carbocycles. The van der Waals surface area contributed by atoms with Gasteiger partial charge in [-0.2, -0.15) is 0 Å². The molecule has 1 aliphatic rings. The molecule has 1 aliphatic heterocycles. The molecule has 0 aromatic heterocycles. The van der Waals surface area contributed by atoms with Crippen molar-refractivity contribution in [3.63, 3.8) is 0 Å². The SMILES string of the molecule is CC1C(=O)NC(=O)CN1C(=O)N[C@@H](C(=O)O)C(C)(C)C. The van der Waals surface area contributed by atoms with Crippen LogP contribution in [0.2, 0.25) is 0 Å². The number of hydrogen-bond acceptors (Lipinski definition) is 4. The molecule has 1 saturated heterocycles. The second-order valence-corrected chi connectivity index (χ2v) is 5.80. The number of rotatable bonds is 2. The van der Waals surface area contributed by atoms with Gasteiger partial charge in [-0.1, -0.05) is 20.8 Å². The van der Waals surface area contributed by atoms with E-state index in [9.17, 15) is 19.2 Å². The molecule has 0 spiro atoms. The van der Waals surface area contributed by atoms with E-state index >= 15 is 0 Å². The summed E-state index contributed by atoms with van der Waals surface area (Å²) in [5.74, 6) is -2.35. The second kappa shape index (κ2) is 5.48. The first-order chi connectivity index (χ1) is 9.04. The highest BCUT2D eigenvalue weighted by Gasteiger charge is 2.38. The number of carboxylic acid groups (broad SMARTS) is 1. The summed E-state index contributed by atoms with van der Waals surface area (Å²) >= 11 is 0. The Kier molecular flexibility index (Phi) is 4.36. The van der Waals surface area contributed by atoms with Gasteiger partial charge >= 0.3 is 12.0 Å². The number of urea groups is 1. The van der Waals surface area contributed by atoms with Crippen LogP contribution in [0.3, 0.4) is 0 Å². The van der Waals surface area contributed by atoms with Gasteiger partial charge in [0.25, 0.3) is 0 Å². The first-order valence-corrected chi connectivity index (χ1v) is 6.17. The van der Waals surface area contributed by atoms with Crippen LogP contribution in [0.1, 0.15) is 27.7 Å². The topological polar surface area (TPSA) is 116 Å². The standard InChI is InChI=1S/C12H19N3O5/c1-6-9(17)13-7(16)5-15(6)11(20)14-8(10(18)19)12(2,3)4/h6,8H,5H2,1-4H3,(H,14,20)(H,18,19)(H,13,16,17)/t6?,8-/m0/s1. The number of carbonyl (C=O) groups excluding carboxylic acids is 3. The molecule has 8 nitrogen and oxygen atoms in total. The maximum Gasteiger partial charge on any atom is 0.326 e. The lowest BCUT2D eigenvalue weighted by Gasteiger charge is -2.35. The number of hydrogen-bond donors (Lipinski definition) is 3. The third-order valence-electron chi connectivity index (χ3n) is 3.07. The van der Waals surface area contributed by atoms with E-state index < -0.39 is 41.3 Å². The van der Waals surface area contributed by atoms with Gasteiger partial charge in [0.1, 0.15) is 18.6 Å². The Bertz CT molecular complexity index is 454. The fraction of sp³-hybridized carbons (Fsp3) is 0.667. The van der Waals surface area contributed by atoms with Crippen molar-refractivity contribution in [1.29, 1.82) is 0 Å². The van der Waals surface area contributed by atoms with Crippen LogP contribution in [0.5, 0.6) is 0 Å². The zero-order chi connectivity index (χ0) is 15.7. The zero-order valence-electron chi connectivity index (χ0n) is 11.9. The van der Waals surface area contributed by atoms with Gasteiger partial charge in [0.15, 0.2) is 0 Å². The molecule has 0 radical (unpaired) electrons.